The molecule has 34 heavy (non-hydrogen) atoms. The lowest BCUT2D eigenvalue weighted by Crippen LogP contribution is -2.42. The van der Waals surface area contributed by atoms with Crippen molar-refractivity contribution in [3.63, 3.8) is 0 Å². The number of nitrogens with one attached hydrogen (secondary N) is 1. The number of Topliss-reactive ketones (excluding diaryl/α,β-unsaturated/α-hetero) is 1. The Balaban J connectivity index is 1.72. The lowest BCUT2D eigenvalue weighted by Gasteiger charge is -2.17. The number of fused-ring (bicyclic) bond motifs is 1. The average Bonchev–Trinajstić information content (AvgIpc) is 2.82. The summed E-state index contributed by atoms with van der Waals surface area (Å²) >= 11 is 1.20. The molecule has 3 rings (SSSR count). The summed E-state index contributed by atoms with van der Waals surface area (Å²) < 4.78 is 7.21. The fraction of sp³-hybridized carbons (Fsp3) is 0.385. The maximum absolute atomic E-state index is 13.1. The molecule has 0 aliphatic heterocycles. The number of ether oxygens (including phenoxy) is 1. The Bertz CT molecular complexity index is 1180. The van der Waals surface area contributed by atoms with Gasteiger partial charge in [-0.05, 0) is 51.3 Å². The molecule has 0 radical (unpaired) electrons. The molecule has 2 aromatic carbocycles. The first-order valence-corrected chi connectivity index (χ1v) is 12.4. The second-order valence-electron chi connectivity index (χ2n) is 8.35. The number of para-hydroxylation sites is 1. The van der Waals surface area contributed by atoms with E-state index in [1.54, 1.807) is 16.7 Å². The predicted octanol–water partition coefficient (Wildman–Crippen LogP) is 3.62. The van der Waals surface area contributed by atoms with Gasteiger partial charge in [-0.3, -0.25) is 19.0 Å². The van der Waals surface area contributed by atoms with Gasteiger partial charge < -0.3 is 10.1 Å². The van der Waals surface area contributed by atoms with Gasteiger partial charge in [0.05, 0.1) is 28.8 Å². The third-order valence-electron chi connectivity index (χ3n) is 5.24. The number of rotatable bonds is 12. The van der Waals surface area contributed by atoms with Gasteiger partial charge in [0.15, 0.2) is 10.9 Å². The van der Waals surface area contributed by atoms with Crippen LogP contribution in [0, 0.1) is 0 Å². The lowest BCUT2D eigenvalue weighted by molar-refractivity contribution is -0.125. The minimum atomic E-state index is -0.601. The van der Waals surface area contributed by atoms with Crippen molar-refractivity contribution < 1.29 is 14.3 Å². The molecule has 0 saturated heterocycles. The Morgan fingerprint density at radius 2 is 1.79 bits per heavy atom. The van der Waals surface area contributed by atoms with Crippen molar-refractivity contribution in [3.05, 3.63) is 70.5 Å². The van der Waals surface area contributed by atoms with Crippen LogP contribution >= 0.6 is 11.8 Å². The Labute approximate surface area is 203 Å². The number of hydrogen-bond acceptors (Lipinski definition) is 6. The molecule has 1 unspecified atom stereocenters. The second kappa shape index (κ2) is 12.5. The normalized spacial score (nSPS) is 12.1. The van der Waals surface area contributed by atoms with Gasteiger partial charge in [0.1, 0.15) is 0 Å². The number of benzene rings is 2. The summed E-state index contributed by atoms with van der Waals surface area (Å²) in [6, 6.07) is 16.2. The van der Waals surface area contributed by atoms with Gasteiger partial charge in [-0.1, -0.05) is 54.2 Å². The summed E-state index contributed by atoms with van der Waals surface area (Å²) in [4.78, 5) is 42.6. The molecule has 180 valence electrons. The van der Waals surface area contributed by atoms with Crippen LogP contribution in [0.3, 0.4) is 0 Å². The Morgan fingerprint density at radius 3 is 2.50 bits per heavy atom. The lowest BCUT2D eigenvalue weighted by atomic mass is 10.0. The van der Waals surface area contributed by atoms with E-state index in [0.29, 0.717) is 42.1 Å². The van der Waals surface area contributed by atoms with E-state index in [1.807, 2.05) is 56.3 Å². The molecule has 1 N–H and O–H groups in total. The Kier molecular flexibility index (Phi) is 9.42. The van der Waals surface area contributed by atoms with Crippen LogP contribution in [-0.2, 0) is 27.3 Å². The molecule has 0 bridgehead atoms. The molecule has 1 amide bonds. The number of thioether (sulfide) groups is 1. The van der Waals surface area contributed by atoms with Crippen molar-refractivity contribution in [2.24, 2.45) is 0 Å². The molecule has 1 atom stereocenters. The van der Waals surface area contributed by atoms with Gasteiger partial charge in [0, 0.05) is 13.2 Å². The van der Waals surface area contributed by atoms with Gasteiger partial charge in [-0.15, -0.1) is 0 Å². The van der Waals surface area contributed by atoms with E-state index >= 15 is 0 Å². The van der Waals surface area contributed by atoms with E-state index in [2.05, 4.69) is 10.3 Å². The summed E-state index contributed by atoms with van der Waals surface area (Å²) in [5.74, 6) is -0.336. The van der Waals surface area contributed by atoms with Crippen molar-refractivity contribution in [2.75, 3.05) is 12.4 Å². The summed E-state index contributed by atoms with van der Waals surface area (Å²) in [6.07, 6.45) is 1.21. The Morgan fingerprint density at radius 1 is 1.09 bits per heavy atom. The first-order chi connectivity index (χ1) is 16.3. The summed E-state index contributed by atoms with van der Waals surface area (Å²) in [7, 11) is 0. The minimum Gasteiger partial charge on any atom is -0.379 e. The number of ketones is 1. The van der Waals surface area contributed by atoms with Crippen LogP contribution in [-0.4, -0.2) is 45.7 Å². The van der Waals surface area contributed by atoms with Crippen LogP contribution in [0.5, 0.6) is 0 Å². The number of carbonyl (C=O) groups excluding carboxylic acids is 2. The van der Waals surface area contributed by atoms with Gasteiger partial charge in [0.2, 0.25) is 5.91 Å². The highest BCUT2D eigenvalue weighted by Gasteiger charge is 2.19. The van der Waals surface area contributed by atoms with E-state index in [1.165, 1.54) is 18.7 Å². The van der Waals surface area contributed by atoms with E-state index in [9.17, 15) is 14.4 Å². The summed E-state index contributed by atoms with van der Waals surface area (Å²) in [5.41, 5.74) is 1.43. The molecule has 0 aliphatic carbocycles. The van der Waals surface area contributed by atoms with Crippen molar-refractivity contribution in [1.29, 1.82) is 0 Å². The third-order valence-corrected chi connectivity index (χ3v) is 6.22. The average molecular weight is 482 g/mol. The highest BCUT2D eigenvalue weighted by atomic mass is 32.2. The smallest absolute Gasteiger partial charge is 0.262 e. The molecule has 0 saturated carbocycles. The molecule has 3 aromatic rings. The van der Waals surface area contributed by atoms with Crippen LogP contribution in [0.15, 0.2) is 64.5 Å². The molecule has 0 aliphatic rings. The van der Waals surface area contributed by atoms with E-state index in [4.69, 9.17) is 4.74 Å². The molecular weight excluding hydrogens is 450 g/mol. The quantitative estimate of drug-likeness (QED) is 0.241. The van der Waals surface area contributed by atoms with Crippen LogP contribution in [0.1, 0.15) is 32.8 Å². The maximum Gasteiger partial charge on any atom is 0.262 e. The summed E-state index contributed by atoms with van der Waals surface area (Å²) in [6.45, 7) is 6.38. The zero-order valence-electron chi connectivity index (χ0n) is 19.8. The number of hydrogen-bond donors (Lipinski definition) is 1. The SMILES string of the molecule is CC(=O)C(Cc1ccccc1)NC(=O)CSc1nc2ccccc2c(=O)n1CCCOC(C)C. The standard InChI is InChI=1S/C26H31N3O4S/c1-18(2)33-15-9-14-29-25(32)21-12-7-8-13-22(21)28-26(29)34-17-24(31)27-23(19(3)30)16-20-10-5-4-6-11-20/h4-8,10-13,18,23H,9,14-17H2,1-3H3,(H,27,31). The highest BCUT2D eigenvalue weighted by Crippen LogP contribution is 2.18. The van der Waals surface area contributed by atoms with Crippen LogP contribution < -0.4 is 10.9 Å². The highest BCUT2D eigenvalue weighted by molar-refractivity contribution is 7.99. The van der Waals surface area contributed by atoms with Gasteiger partial charge in [0.25, 0.3) is 5.56 Å². The first-order valence-electron chi connectivity index (χ1n) is 11.4. The largest absolute Gasteiger partial charge is 0.379 e. The summed E-state index contributed by atoms with van der Waals surface area (Å²) in [5, 5.41) is 3.85. The number of aromatic nitrogens is 2. The van der Waals surface area contributed by atoms with Crippen LogP contribution in [0.2, 0.25) is 0 Å². The second-order valence-corrected chi connectivity index (χ2v) is 9.29. The van der Waals surface area contributed by atoms with Gasteiger partial charge >= 0.3 is 0 Å². The van der Waals surface area contributed by atoms with Gasteiger partial charge in [-0.2, -0.15) is 0 Å². The van der Waals surface area contributed by atoms with E-state index in [-0.39, 0.29) is 29.1 Å². The fourth-order valence-electron chi connectivity index (χ4n) is 3.51. The van der Waals surface area contributed by atoms with Crippen molar-refractivity contribution in [1.82, 2.24) is 14.9 Å². The number of nitrogens with zero attached hydrogens (tertiary/aromatic N) is 2. The zero-order valence-corrected chi connectivity index (χ0v) is 20.6. The third kappa shape index (κ3) is 7.27. The monoisotopic (exact) mass is 481 g/mol. The molecule has 1 aromatic heterocycles. The molecular formula is C26H31N3O4S. The van der Waals surface area contributed by atoms with Crippen molar-refractivity contribution in [3.8, 4) is 0 Å². The molecule has 1 heterocycles. The molecule has 0 spiro atoms. The van der Waals surface area contributed by atoms with Gasteiger partial charge in [-0.25, -0.2) is 4.98 Å². The van der Waals surface area contributed by atoms with E-state index < -0.39 is 6.04 Å². The van der Waals surface area contributed by atoms with Crippen molar-refractivity contribution in [2.45, 2.75) is 57.5 Å². The minimum absolute atomic E-state index is 0.0475. The molecule has 0 fully saturated rings. The topological polar surface area (TPSA) is 90.3 Å². The zero-order chi connectivity index (χ0) is 24.5. The number of carbonyl (C=O) groups is 2. The first kappa shape index (κ1) is 25.6. The Hall–Kier alpha value is -2.97. The van der Waals surface area contributed by atoms with Crippen LogP contribution in [0.4, 0.5) is 0 Å². The maximum atomic E-state index is 13.1. The number of amides is 1. The van der Waals surface area contributed by atoms with Crippen LogP contribution in [0.25, 0.3) is 10.9 Å². The van der Waals surface area contributed by atoms with E-state index in [0.717, 1.165) is 5.56 Å². The molecule has 7 nitrogen and oxygen atoms in total. The predicted molar refractivity (Wildman–Crippen MR) is 135 cm³/mol. The van der Waals surface area contributed by atoms with Crippen molar-refractivity contribution >= 4 is 34.4 Å². The fourth-order valence-corrected chi connectivity index (χ4v) is 4.35. The molecule has 8 heteroatoms.